The summed E-state index contributed by atoms with van der Waals surface area (Å²) in [7, 11) is 0. The highest BCUT2D eigenvalue weighted by Gasteiger charge is 2.42. The van der Waals surface area contributed by atoms with E-state index in [0.717, 1.165) is 50.8 Å². The Kier molecular flexibility index (Phi) is 11.7. The van der Waals surface area contributed by atoms with Gasteiger partial charge in [0.05, 0.1) is 28.1 Å². The molecular formula is C74H68N4O. The smallest absolute Gasteiger partial charge is 0.137 e. The van der Waals surface area contributed by atoms with Crippen LogP contribution in [-0.2, 0) is 21.7 Å². The molecule has 0 fully saturated rings. The fraction of sp³-hybridized carbons (Fsp3) is 0.203. The summed E-state index contributed by atoms with van der Waals surface area (Å²) >= 11 is 0. The van der Waals surface area contributed by atoms with Gasteiger partial charge in [-0.05, 0) is 139 Å². The molecule has 3 heterocycles. The van der Waals surface area contributed by atoms with Crippen LogP contribution < -0.4 is 14.5 Å². The van der Waals surface area contributed by atoms with Crippen molar-refractivity contribution in [2.75, 3.05) is 16.5 Å². The molecule has 1 aliphatic carbocycles. The van der Waals surface area contributed by atoms with E-state index < -0.39 is 5.41 Å². The predicted octanol–water partition coefficient (Wildman–Crippen LogP) is 19.8. The van der Waals surface area contributed by atoms with Crippen molar-refractivity contribution >= 4 is 44.6 Å². The first-order valence-corrected chi connectivity index (χ1v) is 28.0. The van der Waals surface area contributed by atoms with Gasteiger partial charge in [-0.1, -0.05) is 202 Å². The summed E-state index contributed by atoms with van der Waals surface area (Å²) in [5.74, 6) is 2.41. The molecule has 0 saturated heterocycles. The van der Waals surface area contributed by atoms with E-state index in [1.54, 1.807) is 0 Å². The van der Waals surface area contributed by atoms with E-state index in [2.05, 4.69) is 296 Å². The van der Waals surface area contributed by atoms with Gasteiger partial charge in [-0.25, -0.2) is 4.98 Å². The highest BCUT2D eigenvalue weighted by Crippen LogP contribution is 2.56. The monoisotopic (exact) mass is 1030 g/mol. The summed E-state index contributed by atoms with van der Waals surface area (Å²) in [5.41, 5.74) is 20.8. The van der Waals surface area contributed by atoms with Crippen LogP contribution in [0.2, 0.25) is 0 Å². The van der Waals surface area contributed by atoms with Crippen molar-refractivity contribution in [3.63, 3.8) is 0 Å². The number of fused-ring (bicyclic) bond motifs is 7. The van der Waals surface area contributed by atoms with Gasteiger partial charge in [-0.3, -0.25) is 4.57 Å². The maximum Gasteiger partial charge on any atom is 0.137 e. The Morgan fingerprint density at radius 2 is 1.04 bits per heavy atom. The zero-order chi connectivity index (χ0) is 54.6. The van der Waals surface area contributed by atoms with Crippen LogP contribution in [0, 0.1) is 0 Å². The average Bonchev–Trinajstić information content (AvgIpc) is 3.64. The number of anilines is 4. The lowest BCUT2D eigenvalue weighted by molar-refractivity contribution is 0.481. The SMILES string of the molecule is CC(C)(C)c1ccnc(-n2c3cc(Oc4cc(N5CN(c6c(-c7ccccc7)cc(C(C)(C)C)cc6-c6ccccc6)c6ccccc65)cc(C5(C)c6ccccc6-c6ccccc65)c4)ccc3c3cccc(C(C)(C)C)c32)c1. The molecule has 0 unspecified atom stereocenters. The Morgan fingerprint density at radius 1 is 0.456 bits per heavy atom. The summed E-state index contributed by atoms with van der Waals surface area (Å²) in [6, 6.07) is 78.3. The van der Waals surface area contributed by atoms with Crippen molar-refractivity contribution in [1.29, 1.82) is 0 Å². The van der Waals surface area contributed by atoms with Gasteiger partial charge >= 0.3 is 0 Å². The zero-order valence-corrected chi connectivity index (χ0v) is 47.2. The number of nitrogens with zero attached hydrogens (tertiary/aromatic N) is 4. The number of ether oxygens (including phenoxy) is 1. The van der Waals surface area contributed by atoms with E-state index in [-0.39, 0.29) is 16.2 Å². The average molecular weight is 1030 g/mol. The molecule has 390 valence electrons. The highest BCUT2D eigenvalue weighted by molar-refractivity contribution is 6.11. The molecule has 0 radical (unpaired) electrons. The Balaban J connectivity index is 1.02. The van der Waals surface area contributed by atoms with Crippen LogP contribution >= 0.6 is 0 Å². The molecule has 79 heavy (non-hydrogen) atoms. The first kappa shape index (κ1) is 49.9. The lowest BCUT2D eigenvalue weighted by Crippen LogP contribution is -2.27. The minimum Gasteiger partial charge on any atom is -0.457 e. The molecular weight excluding hydrogens is 961 g/mol. The van der Waals surface area contributed by atoms with Crippen molar-refractivity contribution in [3.8, 4) is 50.7 Å². The molecule has 0 atom stereocenters. The van der Waals surface area contributed by atoms with Crippen molar-refractivity contribution in [1.82, 2.24) is 9.55 Å². The van der Waals surface area contributed by atoms with Gasteiger partial charge in [-0.15, -0.1) is 0 Å². The van der Waals surface area contributed by atoms with Gasteiger partial charge in [0, 0.05) is 51.3 Å². The molecule has 5 heteroatoms. The van der Waals surface area contributed by atoms with Crippen molar-refractivity contribution in [2.45, 2.75) is 90.9 Å². The van der Waals surface area contributed by atoms with Crippen LogP contribution in [0.4, 0.5) is 22.7 Å². The van der Waals surface area contributed by atoms with Gasteiger partial charge in [0.25, 0.3) is 0 Å². The molecule has 2 aromatic heterocycles. The number of hydrogen-bond acceptors (Lipinski definition) is 4. The minimum atomic E-state index is -0.493. The number of rotatable bonds is 8. The van der Waals surface area contributed by atoms with Crippen molar-refractivity contribution < 1.29 is 4.74 Å². The number of pyridine rings is 1. The molecule has 0 amide bonds. The lowest BCUT2D eigenvalue weighted by atomic mass is 9.74. The van der Waals surface area contributed by atoms with Crippen LogP contribution in [0.25, 0.3) is 61.0 Å². The molecule has 9 aromatic carbocycles. The van der Waals surface area contributed by atoms with Gasteiger partial charge in [0.15, 0.2) is 0 Å². The maximum atomic E-state index is 7.39. The predicted molar refractivity (Wildman–Crippen MR) is 332 cm³/mol. The molecule has 0 saturated carbocycles. The maximum absolute atomic E-state index is 7.39. The molecule has 13 rings (SSSR count). The zero-order valence-electron chi connectivity index (χ0n) is 47.2. The third-order valence-corrected chi connectivity index (χ3v) is 16.8. The van der Waals surface area contributed by atoms with E-state index in [0.29, 0.717) is 6.67 Å². The van der Waals surface area contributed by atoms with Crippen LogP contribution in [0.3, 0.4) is 0 Å². The quantitative estimate of drug-likeness (QED) is 0.152. The van der Waals surface area contributed by atoms with Crippen LogP contribution in [0.15, 0.2) is 219 Å². The summed E-state index contributed by atoms with van der Waals surface area (Å²) in [5, 5.41) is 2.36. The van der Waals surface area contributed by atoms with Gasteiger partial charge in [-0.2, -0.15) is 0 Å². The van der Waals surface area contributed by atoms with Crippen molar-refractivity contribution in [2.24, 2.45) is 0 Å². The second-order valence-electron chi connectivity index (χ2n) is 25.0. The summed E-state index contributed by atoms with van der Waals surface area (Å²) in [4.78, 5) is 10.1. The Hall–Kier alpha value is -8.67. The van der Waals surface area contributed by atoms with E-state index in [4.69, 9.17) is 9.72 Å². The van der Waals surface area contributed by atoms with E-state index in [9.17, 15) is 0 Å². The third kappa shape index (κ3) is 8.41. The second kappa shape index (κ2) is 18.5. The van der Waals surface area contributed by atoms with Gasteiger partial charge in [0.1, 0.15) is 24.0 Å². The van der Waals surface area contributed by atoms with E-state index in [1.165, 1.54) is 77.8 Å². The highest BCUT2D eigenvalue weighted by atomic mass is 16.5. The van der Waals surface area contributed by atoms with E-state index >= 15 is 0 Å². The van der Waals surface area contributed by atoms with Crippen molar-refractivity contribution in [3.05, 3.63) is 252 Å². The Labute approximate surface area is 466 Å². The standard InChI is InChI=1S/C74H68N4O/c1-71(2,3)50-38-39-75-68(44-50)78-67-46-54(36-37-58(67)59-30-23-33-64(70(59)78)73(7,8)9)79-55-41-52(74(10)62-31-19-17-28-56(62)57-29-18-20-32-63(57)74)40-53(45-55)76-47-77(66-35-22-21-34-65(66)76)69-60(48-24-13-11-14-25-48)42-51(72(4,5)6)43-61(69)49-26-15-12-16-27-49/h11-46H,47H2,1-10H3. The minimum absolute atomic E-state index is 0.0601. The fourth-order valence-electron chi connectivity index (χ4n) is 12.6. The van der Waals surface area contributed by atoms with Crippen LogP contribution in [0.1, 0.15) is 103 Å². The number of hydrogen-bond donors (Lipinski definition) is 0. The topological polar surface area (TPSA) is 33.5 Å². The molecule has 0 N–H and O–H groups in total. The van der Waals surface area contributed by atoms with Crippen LogP contribution in [0.5, 0.6) is 11.5 Å². The fourth-order valence-corrected chi connectivity index (χ4v) is 12.6. The summed E-state index contributed by atoms with van der Waals surface area (Å²) in [6.45, 7) is 23.6. The lowest BCUT2D eigenvalue weighted by Gasteiger charge is -2.31. The number of para-hydroxylation sites is 3. The normalized spacial score (nSPS) is 13.9. The molecule has 2 aliphatic rings. The first-order chi connectivity index (χ1) is 37.9. The van der Waals surface area contributed by atoms with Gasteiger partial charge < -0.3 is 14.5 Å². The van der Waals surface area contributed by atoms with Crippen LogP contribution in [-0.4, -0.2) is 16.2 Å². The second-order valence-corrected chi connectivity index (χ2v) is 25.0. The number of aromatic nitrogens is 2. The molecule has 5 nitrogen and oxygen atoms in total. The van der Waals surface area contributed by atoms with E-state index in [1.807, 2.05) is 6.20 Å². The Morgan fingerprint density at radius 3 is 1.65 bits per heavy atom. The molecule has 1 aliphatic heterocycles. The van der Waals surface area contributed by atoms with Gasteiger partial charge in [0.2, 0.25) is 0 Å². The Bertz CT molecular complexity index is 4060. The molecule has 0 spiro atoms. The summed E-state index contributed by atoms with van der Waals surface area (Å²) < 4.78 is 9.77. The summed E-state index contributed by atoms with van der Waals surface area (Å²) in [6.07, 6.45) is 1.96. The first-order valence-electron chi connectivity index (χ1n) is 28.0. The third-order valence-electron chi connectivity index (χ3n) is 16.8. The molecule has 0 bridgehead atoms. The number of benzene rings is 9. The molecule has 11 aromatic rings. The largest absolute Gasteiger partial charge is 0.457 e.